The zero-order chi connectivity index (χ0) is 12.9. The fourth-order valence-corrected chi connectivity index (χ4v) is 1.02. The van der Waals surface area contributed by atoms with E-state index in [4.69, 9.17) is 9.84 Å². The lowest BCUT2D eigenvalue weighted by Crippen LogP contribution is -2.29. The fourth-order valence-electron chi connectivity index (χ4n) is 1.02. The SMILES string of the molecule is CC(C)(C)OC(=O)N/N=C/c1ccc(O)cc1. The van der Waals surface area contributed by atoms with Gasteiger partial charge in [-0.2, -0.15) is 5.10 Å². The number of phenols is 1. The predicted molar refractivity (Wildman–Crippen MR) is 65.1 cm³/mol. The average molecular weight is 236 g/mol. The van der Waals surface area contributed by atoms with Gasteiger partial charge < -0.3 is 9.84 Å². The molecule has 0 fully saturated rings. The van der Waals surface area contributed by atoms with Crippen molar-refractivity contribution >= 4 is 12.3 Å². The topological polar surface area (TPSA) is 70.9 Å². The number of nitrogens with one attached hydrogen (secondary N) is 1. The Morgan fingerprint density at radius 1 is 1.35 bits per heavy atom. The quantitative estimate of drug-likeness (QED) is 0.611. The molecule has 0 bridgehead atoms. The molecule has 0 radical (unpaired) electrons. The number of rotatable bonds is 2. The first-order valence-electron chi connectivity index (χ1n) is 5.18. The van der Waals surface area contributed by atoms with E-state index < -0.39 is 11.7 Å². The van der Waals surface area contributed by atoms with Gasteiger partial charge in [0.05, 0.1) is 6.21 Å². The molecule has 0 unspecified atom stereocenters. The van der Waals surface area contributed by atoms with Gasteiger partial charge in [-0.3, -0.25) is 0 Å². The molecule has 17 heavy (non-hydrogen) atoms. The zero-order valence-corrected chi connectivity index (χ0v) is 10.1. The Kier molecular flexibility index (Phi) is 4.09. The van der Waals surface area contributed by atoms with E-state index in [0.29, 0.717) is 0 Å². The highest BCUT2D eigenvalue weighted by Gasteiger charge is 2.15. The van der Waals surface area contributed by atoms with Gasteiger partial charge in [-0.1, -0.05) is 0 Å². The molecule has 1 aromatic rings. The first kappa shape index (κ1) is 13.0. The molecule has 0 aliphatic carbocycles. The van der Waals surface area contributed by atoms with Crippen LogP contribution in [-0.4, -0.2) is 23.0 Å². The van der Waals surface area contributed by atoms with E-state index in [1.54, 1.807) is 32.9 Å². The maximum Gasteiger partial charge on any atom is 0.428 e. The molecule has 5 nitrogen and oxygen atoms in total. The summed E-state index contributed by atoms with van der Waals surface area (Å²) < 4.78 is 4.99. The molecule has 0 aliphatic heterocycles. The molecule has 0 aromatic heterocycles. The summed E-state index contributed by atoms with van der Waals surface area (Å²) in [5.41, 5.74) is 2.47. The van der Waals surface area contributed by atoms with Crippen LogP contribution in [0.3, 0.4) is 0 Å². The number of carbonyl (C=O) groups is 1. The first-order valence-corrected chi connectivity index (χ1v) is 5.18. The molecular weight excluding hydrogens is 220 g/mol. The molecule has 0 saturated heterocycles. The minimum atomic E-state index is -0.604. The largest absolute Gasteiger partial charge is 0.508 e. The van der Waals surface area contributed by atoms with Crippen LogP contribution < -0.4 is 5.43 Å². The number of hydrogen-bond acceptors (Lipinski definition) is 4. The highest BCUT2D eigenvalue weighted by molar-refractivity contribution is 5.81. The summed E-state index contributed by atoms with van der Waals surface area (Å²) in [6.45, 7) is 5.32. The highest BCUT2D eigenvalue weighted by Crippen LogP contribution is 2.08. The molecule has 0 aliphatic rings. The van der Waals surface area contributed by atoms with Gasteiger partial charge in [-0.05, 0) is 50.6 Å². The van der Waals surface area contributed by atoms with Crippen molar-refractivity contribution in [2.75, 3.05) is 0 Å². The van der Waals surface area contributed by atoms with Crippen molar-refractivity contribution in [3.8, 4) is 5.75 Å². The number of aromatic hydroxyl groups is 1. The normalized spacial score (nSPS) is 11.5. The lowest BCUT2D eigenvalue weighted by atomic mass is 10.2. The maximum absolute atomic E-state index is 11.2. The predicted octanol–water partition coefficient (Wildman–Crippen LogP) is 2.25. The Morgan fingerprint density at radius 2 is 1.94 bits per heavy atom. The summed E-state index contributed by atoms with van der Waals surface area (Å²) in [6, 6.07) is 6.43. The third-order valence-corrected chi connectivity index (χ3v) is 1.66. The molecule has 1 aromatic carbocycles. The van der Waals surface area contributed by atoms with Gasteiger partial charge in [-0.25, -0.2) is 10.2 Å². The summed E-state index contributed by atoms with van der Waals surface area (Å²) in [7, 11) is 0. The Hall–Kier alpha value is -2.04. The van der Waals surface area contributed by atoms with E-state index in [1.807, 2.05) is 0 Å². The molecule has 2 N–H and O–H groups in total. The Morgan fingerprint density at radius 3 is 2.47 bits per heavy atom. The van der Waals surface area contributed by atoms with Crippen LogP contribution in [0.1, 0.15) is 26.3 Å². The van der Waals surface area contributed by atoms with E-state index in [1.165, 1.54) is 18.3 Å². The van der Waals surface area contributed by atoms with Crippen LogP contribution in [0.4, 0.5) is 4.79 Å². The van der Waals surface area contributed by atoms with Crippen molar-refractivity contribution in [1.29, 1.82) is 0 Å². The van der Waals surface area contributed by atoms with E-state index in [0.717, 1.165) is 5.56 Å². The standard InChI is InChI=1S/C12H16N2O3/c1-12(2,3)17-11(16)14-13-8-9-4-6-10(15)7-5-9/h4-8,15H,1-3H3,(H,14,16)/b13-8+. The number of nitrogens with zero attached hydrogens (tertiary/aromatic N) is 1. The number of benzene rings is 1. The van der Waals surface area contributed by atoms with Gasteiger partial charge in [0.1, 0.15) is 11.4 Å². The minimum absolute atomic E-state index is 0.183. The highest BCUT2D eigenvalue weighted by atomic mass is 16.6. The van der Waals surface area contributed by atoms with Crippen LogP contribution in [0.2, 0.25) is 0 Å². The molecule has 0 atom stereocenters. The van der Waals surface area contributed by atoms with Gasteiger partial charge in [0.15, 0.2) is 0 Å². The summed E-state index contributed by atoms with van der Waals surface area (Å²) in [6.07, 6.45) is 0.858. The molecule has 0 heterocycles. The number of ether oxygens (including phenoxy) is 1. The molecule has 1 amide bonds. The van der Waals surface area contributed by atoms with Crippen molar-refractivity contribution in [2.45, 2.75) is 26.4 Å². The van der Waals surface area contributed by atoms with Crippen molar-refractivity contribution in [2.24, 2.45) is 5.10 Å². The average Bonchev–Trinajstić information content (AvgIpc) is 2.18. The fraction of sp³-hybridized carbons (Fsp3) is 0.333. The van der Waals surface area contributed by atoms with Crippen LogP contribution in [0, 0.1) is 0 Å². The molecule has 0 spiro atoms. The smallest absolute Gasteiger partial charge is 0.428 e. The number of hydrogen-bond donors (Lipinski definition) is 2. The van der Waals surface area contributed by atoms with Gasteiger partial charge in [-0.15, -0.1) is 0 Å². The van der Waals surface area contributed by atoms with Crippen LogP contribution >= 0.6 is 0 Å². The number of hydrazone groups is 1. The van der Waals surface area contributed by atoms with Gasteiger partial charge in [0.2, 0.25) is 0 Å². The van der Waals surface area contributed by atoms with E-state index in [2.05, 4.69) is 10.5 Å². The van der Waals surface area contributed by atoms with Crippen LogP contribution in [0.25, 0.3) is 0 Å². The van der Waals surface area contributed by atoms with Crippen molar-refractivity contribution < 1.29 is 14.6 Å². The van der Waals surface area contributed by atoms with E-state index in [9.17, 15) is 4.79 Å². The number of carbonyl (C=O) groups excluding carboxylic acids is 1. The molecule has 0 saturated carbocycles. The van der Waals surface area contributed by atoms with E-state index in [-0.39, 0.29) is 5.75 Å². The lowest BCUT2D eigenvalue weighted by molar-refractivity contribution is 0.0529. The number of phenolic OH excluding ortho intramolecular Hbond substituents is 1. The van der Waals surface area contributed by atoms with Crippen LogP contribution in [-0.2, 0) is 4.74 Å². The van der Waals surface area contributed by atoms with Crippen molar-refractivity contribution in [1.82, 2.24) is 5.43 Å². The second-order valence-corrected chi connectivity index (χ2v) is 4.46. The Bertz CT molecular complexity index is 405. The van der Waals surface area contributed by atoms with Crippen molar-refractivity contribution in [3.05, 3.63) is 29.8 Å². The maximum atomic E-state index is 11.2. The molecule has 1 rings (SSSR count). The molecule has 5 heteroatoms. The monoisotopic (exact) mass is 236 g/mol. The second kappa shape index (κ2) is 5.34. The third kappa shape index (κ3) is 5.55. The summed E-state index contributed by atoms with van der Waals surface area (Å²) in [5, 5.41) is 12.8. The summed E-state index contributed by atoms with van der Waals surface area (Å²) in [5.74, 6) is 0.183. The van der Waals surface area contributed by atoms with Gasteiger partial charge in [0, 0.05) is 0 Å². The first-order chi connectivity index (χ1) is 7.87. The third-order valence-electron chi connectivity index (χ3n) is 1.66. The lowest BCUT2D eigenvalue weighted by Gasteiger charge is -2.18. The zero-order valence-electron chi connectivity index (χ0n) is 10.1. The van der Waals surface area contributed by atoms with Gasteiger partial charge in [0.25, 0.3) is 0 Å². The number of amides is 1. The Labute approximate surface area is 100 Å². The van der Waals surface area contributed by atoms with Crippen LogP contribution in [0.15, 0.2) is 29.4 Å². The van der Waals surface area contributed by atoms with Crippen molar-refractivity contribution in [3.63, 3.8) is 0 Å². The molecule has 92 valence electrons. The second-order valence-electron chi connectivity index (χ2n) is 4.46. The van der Waals surface area contributed by atoms with Gasteiger partial charge >= 0.3 is 6.09 Å². The molecular formula is C12H16N2O3. The Balaban J connectivity index is 2.45. The summed E-state index contributed by atoms with van der Waals surface area (Å²) >= 11 is 0. The van der Waals surface area contributed by atoms with Crippen LogP contribution in [0.5, 0.6) is 5.75 Å². The summed E-state index contributed by atoms with van der Waals surface area (Å²) in [4.78, 5) is 11.2. The minimum Gasteiger partial charge on any atom is -0.508 e. The van der Waals surface area contributed by atoms with E-state index >= 15 is 0 Å².